The molecule has 0 N–H and O–H groups in total. The Balaban J connectivity index is 2.43. The van der Waals surface area contributed by atoms with Crippen molar-refractivity contribution in [3.63, 3.8) is 0 Å². The van der Waals surface area contributed by atoms with Gasteiger partial charge < -0.3 is 0 Å². The van der Waals surface area contributed by atoms with E-state index < -0.39 is 9.84 Å². The number of sulfone groups is 1. The molecular weight excluding hydrogens is 238 g/mol. The van der Waals surface area contributed by atoms with Crippen LogP contribution in [-0.2, 0) is 16.4 Å². The molecule has 0 bridgehead atoms. The molecule has 0 aliphatic carbocycles. The van der Waals surface area contributed by atoms with Crippen molar-refractivity contribution in [1.82, 2.24) is 14.8 Å². The van der Waals surface area contributed by atoms with E-state index in [1.807, 2.05) is 30.3 Å². The summed E-state index contributed by atoms with van der Waals surface area (Å²) >= 11 is 0. The summed E-state index contributed by atoms with van der Waals surface area (Å²) in [4.78, 5) is 0. The lowest BCUT2D eigenvalue weighted by Crippen LogP contribution is -2.11. The van der Waals surface area contributed by atoms with Crippen LogP contribution >= 0.6 is 0 Å². The standard InChI is InChI=1S/C11H13N3O2S/c1-9-12-13-11(17(2,15)16)14(9)8-10-6-4-3-5-7-10/h3-7H,8H2,1-2H3. The van der Waals surface area contributed by atoms with Gasteiger partial charge in [-0.3, -0.25) is 4.57 Å². The monoisotopic (exact) mass is 251 g/mol. The average Bonchev–Trinajstić information content (AvgIpc) is 2.62. The fourth-order valence-electron chi connectivity index (χ4n) is 1.58. The summed E-state index contributed by atoms with van der Waals surface area (Å²) < 4.78 is 24.7. The van der Waals surface area contributed by atoms with Crippen molar-refractivity contribution in [1.29, 1.82) is 0 Å². The van der Waals surface area contributed by atoms with Gasteiger partial charge in [0, 0.05) is 6.26 Å². The van der Waals surface area contributed by atoms with Crippen molar-refractivity contribution >= 4 is 9.84 Å². The van der Waals surface area contributed by atoms with E-state index in [4.69, 9.17) is 0 Å². The number of aromatic nitrogens is 3. The van der Waals surface area contributed by atoms with Gasteiger partial charge in [0.05, 0.1) is 6.54 Å². The molecule has 0 radical (unpaired) electrons. The van der Waals surface area contributed by atoms with Crippen LogP contribution in [0.4, 0.5) is 0 Å². The van der Waals surface area contributed by atoms with E-state index in [1.165, 1.54) is 0 Å². The van der Waals surface area contributed by atoms with Crippen LogP contribution < -0.4 is 0 Å². The number of benzene rings is 1. The molecule has 0 unspecified atom stereocenters. The Kier molecular flexibility index (Phi) is 2.97. The largest absolute Gasteiger partial charge is 0.298 e. The predicted octanol–water partition coefficient (Wildman–Crippen LogP) is 1.04. The lowest BCUT2D eigenvalue weighted by molar-refractivity contribution is 0.575. The Bertz CT molecular complexity index is 617. The van der Waals surface area contributed by atoms with Crippen LogP contribution in [0.5, 0.6) is 0 Å². The van der Waals surface area contributed by atoms with Gasteiger partial charge in [0.15, 0.2) is 0 Å². The Morgan fingerprint density at radius 2 is 1.82 bits per heavy atom. The molecular formula is C11H13N3O2S. The van der Waals surface area contributed by atoms with Gasteiger partial charge in [-0.1, -0.05) is 30.3 Å². The van der Waals surface area contributed by atoms with Crippen molar-refractivity contribution in [2.75, 3.05) is 6.26 Å². The lowest BCUT2D eigenvalue weighted by atomic mass is 10.2. The van der Waals surface area contributed by atoms with Crippen LogP contribution in [0.1, 0.15) is 11.4 Å². The lowest BCUT2D eigenvalue weighted by Gasteiger charge is -2.07. The van der Waals surface area contributed by atoms with Gasteiger partial charge >= 0.3 is 0 Å². The second-order valence-corrected chi connectivity index (χ2v) is 5.78. The quantitative estimate of drug-likeness (QED) is 0.817. The second kappa shape index (κ2) is 4.29. The summed E-state index contributed by atoms with van der Waals surface area (Å²) in [6.07, 6.45) is 1.14. The van der Waals surface area contributed by atoms with E-state index in [0.29, 0.717) is 12.4 Å². The van der Waals surface area contributed by atoms with Crippen molar-refractivity contribution in [2.45, 2.75) is 18.6 Å². The zero-order chi connectivity index (χ0) is 12.5. The molecule has 6 heteroatoms. The molecule has 1 aromatic heterocycles. The minimum Gasteiger partial charge on any atom is -0.298 e. The van der Waals surface area contributed by atoms with E-state index >= 15 is 0 Å². The topological polar surface area (TPSA) is 64.8 Å². The molecule has 1 aromatic carbocycles. The highest BCUT2D eigenvalue weighted by Crippen LogP contribution is 2.11. The first-order valence-corrected chi connectivity index (χ1v) is 7.01. The zero-order valence-corrected chi connectivity index (χ0v) is 10.5. The van der Waals surface area contributed by atoms with Crippen LogP contribution in [0, 0.1) is 6.92 Å². The predicted molar refractivity (Wildman–Crippen MR) is 63.4 cm³/mol. The highest BCUT2D eigenvalue weighted by molar-refractivity contribution is 7.90. The van der Waals surface area contributed by atoms with Crippen molar-refractivity contribution in [3.8, 4) is 0 Å². The fourth-order valence-corrected chi connectivity index (χ4v) is 2.37. The molecule has 0 aliphatic rings. The number of nitrogens with zero attached hydrogens (tertiary/aromatic N) is 3. The Labute approximate surface area is 100 Å². The molecule has 0 aliphatic heterocycles. The van der Waals surface area contributed by atoms with Crippen molar-refractivity contribution in [3.05, 3.63) is 41.7 Å². The minimum absolute atomic E-state index is 0.0128. The molecule has 17 heavy (non-hydrogen) atoms. The number of rotatable bonds is 3. The van der Waals surface area contributed by atoms with Crippen LogP contribution in [0.2, 0.25) is 0 Å². The number of hydrogen-bond donors (Lipinski definition) is 0. The van der Waals surface area contributed by atoms with Crippen LogP contribution in [0.25, 0.3) is 0 Å². The Morgan fingerprint density at radius 3 is 2.41 bits per heavy atom. The van der Waals surface area contributed by atoms with Gasteiger partial charge in [0.25, 0.3) is 0 Å². The molecule has 0 fully saturated rings. The highest BCUT2D eigenvalue weighted by Gasteiger charge is 2.18. The molecule has 5 nitrogen and oxygen atoms in total. The minimum atomic E-state index is -3.34. The van der Waals surface area contributed by atoms with Crippen LogP contribution in [0.3, 0.4) is 0 Å². The Hall–Kier alpha value is -1.69. The van der Waals surface area contributed by atoms with E-state index in [9.17, 15) is 8.42 Å². The first kappa shape index (κ1) is 11.8. The summed E-state index contributed by atoms with van der Waals surface area (Å²) in [7, 11) is -3.34. The zero-order valence-electron chi connectivity index (χ0n) is 9.66. The highest BCUT2D eigenvalue weighted by atomic mass is 32.2. The summed E-state index contributed by atoms with van der Waals surface area (Å²) in [5, 5.41) is 7.53. The van der Waals surface area contributed by atoms with E-state index in [0.717, 1.165) is 11.8 Å². The average molecular weight is 251 g/mol. The third kappa shape index (κ3) is 2.52. The molecule has 1 heterocycles. The molecule has 0 spiro atoms. The van der Waals surface area contributed by atoms with Gasteiger partial charge in [0.2, 0.25) is 15.0 Å². The van der Waals surface area contributed by atoms with Gasteiger partial charge in [-0.05, 0) is 12.5 Å². The summed E-state index contributed by atoms with van der Waals surface area (Å²) in [5.41, 5.74) is 1.01. The molecule has 0 amide bonds. The molecule has 0 saturated carbocycles. The third-order valence-corrected chi connectivity index (χ3v) is 3.38. The number of aryl methyl sites for hydroxylation is 1. The maximum Gasteiger partial charge on any atom is 0.249 e. The second-order valence-electron chi connectivity index (χ2n) is 3.87. The van der Waals surface area contributed by atoms with E-state index in [-0.39, 0.29) is 5.16 Å². The van der Waals surface area contributed by atoms with Crippen LogP contribution in [0.15, 0.2) is 35.5 Å². The van der Waals surface area contributed by atoms with Gasteiger partial charge in [-0.2, -0.15) is 0 Å². The summed E-state index contributed by atoms with van der Waals surface area (Å²) in [5.74, 6) is 0.592. The number of hydrogen-bond acceptors (Lipinski definition) is 4. The van der Waals surface area contributed by atoms with Gasteiger partial charge in [-0.25, -0.2) is 8.42 Å². The van der Waals surface area contributed by atoms with Crippen LogP contribution in [-0.4, -0.2) is 29.4 Å². The third-order valence-electron chi connectivity index (χ3n) is 2.42. The maximum absolute atomic E-state index is 11.5. The van der Waals surface area contributed by atoms with Gasteiger partial charge in [0.1, 0.15) is 5.82 Å². The first-order chi connectivity index (χ1) is 7.98. The smallest absolute Gasteiger partial charge is 0.249 e. The molecule has 0 atom stereocenters. The first-order valence-electron chi connectivity index (χ1n) is 5.12. The normalized spacial score (nSPS) is 11.6. The van der Waals surface area contributed by atoms with Crippen molar-refractivity contribution in [2.24, 2.45) is 0 Å². The fraction of sp³-hybridized carbons (Fsp3) is 0.273. The van der Waals surface area contributed by atoms with E-state index in [1.54, 1.807) is 11.5 Å². The van der Waals surface area contributed by atoms with Crippen molar-refractivity contribution < 1.29 is 8.42 Å². The molecule has 2 aromatic rings. The Morgan fingerprint density at radius 1 is 1.18 bits per heavy atom. The van der Waals surface area contributed by atoms with Gasteiger partial charge in [-0.15, -0.1) is 10.2 Å². The summed E-state index contributed by atoms with van der Waals surface area (Å²) in [6.45, 7) is 2.20. The molecule has 0 saturated heterocycles. The molecule has 90 valence electrons. The summed E-state index contributed by atoms with van der Waals surface area (Å²) in [6, 6.07) is 9.61. The van der Waals surface area contributed by atoms with E-state index in [2.05, 4.69) is 10.2 Å². The maximum atomic E-state index is 11.5. The molecule has 2 rings (SSSR count). The SMILES string of the molecule is Cc1nnc(S(C)(=O)=O)n1Cc1ccccc1.